The fraction of sp³-hybridized carbons (Fsp3) is 0.833. The molecule has 0 aliphatic carbocycles. The maximum absolute atomic E-state index is 9.60. The van der Waals surface area contributed by atoms with Crippen molar-refractivity contribution in [1.29, 1.82) is 0 Å². The fourth-order valence-corrected chi connectivity index (χ4v) is 0.142. The topological polar surface area (TPSA) is 72.6 Å². The van der Waals surface area contributed by atoms with Gasteiger partial charge in [-0.1, -0.05) is 6.92 Å². The number of primary amides is 1. The van der Waals surface area contributed by atoms with Crippen molar-refractivity contribution in [1.82, 2.24) is 0 Å². The molecular weight excluding hydrogens is 134 g/mol. The third kappa shape index (κ3) is 26.9. The average molecular weight is 149 g/mol. The third-order valence-electron chi connectivity index (χ3n) is 0.510. The number of ether oxygens (including phenoxy) is 1. The van der Waals surface area contributed by atoms with E-state index in [1.165, 1.54) is 0 Å². The third-order valence-corrected chi connectivity index (χ3v) is 0.510. The van der Waals surface area contributed by atoms with Crippen LogP contribution in [0.1, 0.15) is 20.3 Å². The van der Waals surface area contributed by atoms with Gasteiger partial charge in [0.2, 0.25) is 0 Å². The SMILES string of the molecule is CCCO.CCOC(N)=O. The van der Waals surface area contributed by atoms with Crippen molar-refractivity contribution in [3.63, 3.8) is 0 Å². The lowest BCUT2D eigenvalue weighted by molar-refractivity contribution is 0.163. The summed E-state index contributed by atoms with van der Waals surface area (Å²) in [5.41, 5.74) is 4.54. The van der Waals surface area contributed by atoms with Crippen molar-refractivity contribution < 1.29 is 14.6 Å². The summed E-state index contributed by atoms with van der Waals surface area (Å²) >= 11 is 0. The van der Waals surface area contributed by atoms with E-state index in [-0.39, 0.29) is 0 Å². The summed E-state index contributed by atoms with van der Waals surface area (Å²) in [6.45, 7) is 4.31. The van der Waals surface area contributed by atoms with Crippen molar-refractivity contribution in [3.05, 3.63) is 0 Å². The molecule has 0 aromatic heterocycles. The summed E-state index contributed by atoms with van der Waals surface area (Å²) in [5, 5.41) is 7.88. The smallest absolute Gasteiger partial charge is 0.404 e. The number of hydrogen-bond donors (Lipinski definition) is 2. The quantitative estimate of drug-likeness (QED) is 0.600. The Kier molecular flexibility index (Phi) is 13.3. The van der Waals surface area contributed by atoms with Crippen LogP contribution in [0.4, 0.5) is 4.79 Å². The lowest BCUT2D eigenvalue weighted by atomic mass is 10.5. The van der Waals surface area contributed by atoms with Crippen LogP contribution >= 0.6 is 0 Å². The van der Waals surface area contributed by atoms with Crippen LogP contribution in [-0.2, 0) is 4.74 Å². The van der Waals surface area contributed by atoms with Gasteiger partial charge in [0.1, 0.15) is 0 Å². The van der Waals surface area contributed by atoms with Crippen LogP contribution in [0.3, 0.4) is 0 Å². The molecule has 0 aromatic rings. The van der Waals surface area contributed by atoms with Gasteiger partial charge in [0.25, 0.3) is 0 Å². The Bertz CT molecular complexity index is 73.4. The van der Waals surface area contributed by atoms with Crippen LogP contribution in [0.15, 0.2) is 0 Å². The molecule has 0 aromatic carbocycles. The number of nitrogens with two attached hydrogens (primary N) is 1. The number of hydrogen-bond acceptors (Lipinski definition) is 3. The average Bonchev–Trinajstić information content (AvgIpc) is 1.89. The molecule has 0 aliphatic heterocycles. The Morgan fingerprint density at radius 2 is 2.00 bits per heavy atom. The molecule has 0 atom stereocenters. The first-order chi connectivity index (χ1) is 4.68. The summed E-state index contributed by atoms with van der Waals surface area (Å²) in [4.78, 5) is 9.60. The summed E-state index contributed by atoms with van der Waals surface area (Å²) < 4.78 is 4.18. The largest absolute Gasteiger partial charge is 0.450 e. The second-order valence-electron chi connectivity index (χ2n) is 1.48. The van der Waals surface area contributed by atoms with E-state index in [1.807, 2.05) is 6.92 Å². The standard InChI is InChI=1S/C3H7NO2.C3H8O/c1-2-6-3(4)5;1-2-3-4/h2H2,1H3,(H2,4,5);4H,2-3H2,1H3. The van der Waals surface area contributed by atoms with E-state index < -0.39 is 6.09 Å². The molecule has 0 spiro atoms. The van der Waals surface area contributed by atoms with E-state index >= 15 is 0 Å². The van der Waals surface area contributed by atoms with Crippen LogP contribution < -0.4 is 5.73 Å². The second kappa shape index (κ2) is 11.1. The first kappa shape index (κ1) is 12.0. The number of carbonyl (C=O) groups is 1. The molecule has 0 unspecified atom stereocenters. The van der Waals surface area contributed by atoms with Gasteiger partial charge in [-0.3, -0.25) is 0 Å². The van der Waals surface area contributed by atoms with Crippen molar-refractivity contribution in [2.24, 2.45) is 5.73 Å². The summed E-state index contributed by atoms with van der Waals surface area (Å²) in [6, 6.07) is 0. The Labute approximate surface area is 61.0 Å². The molecule has 10 heavy (non-hydrogen) atoms. The lowest BCUT2D eigenvalue weighted by Gasteiger charge is -1.89. The summed E-state index contributed by atoms with van der Waals surface area (Å²) in [5.74, 6) is 0. The maximum Gasteiger partial charge on any atom is 0.404 e. The second-order valence-corrected chi connectivity index (χ2v) is 1.48. The molecule has 0 rings (SSSR count). The van der Waals surface area contributed by atoms with E-state index in [0.717, 1.165) is 6.42 Å². The number of rotatable bonds is 2. The summed E-state index contributed by atoms with van der Waals surface area (Å²) in [6.07, 6.45) is 0.164. The van der Waals surface area contributed by atoms with E-state index in [0.29, 0.717) is 13.2 Å². The number of carbonyl (C=O) groups excluding carboxylic acids is 1. The zero-order valence-electron chi connectivity index (χ0n) is 6.46. The van der Waals surface area contributed by atoms with E-state index in [4.69, 9.17) is 5.11 Å². The minimum absolute atomic E-state index is 0.319. The zero-order chi connectivity index (χ0) is 8.41. The highest BCUT2D eigenvalue weighted by molar-refractivity contribution is 5.64. The van der Waals surface area contributed by atoms with Crippen LogP contribution in [0, 0.1) is 0 Å². The predicted molar refractivity (Wildman–Crippen MR) is 38.6 cm³/mol. The molecule has 4 heteroatoms. The Balaban J connectivity index is 0. The van der Waals surface area contributed by atoms with Gasteiger partial charge in [0, 0.05) is 6.61 Å². The van der Waals surface area contributed by atoms with Crippen LogP contribution in [0.2, 0.25) is 0 Å². The molecule has 62 valence electrons. The van der Waals surface area contributed by atoms with Gasteiger partial charge in [0.15, 0.2) is 0 Å². The monoisotopic (exact) mass is 149 g/mol. The molecule has 1 amide bonds. The highest BCUT2D eigenvalue weighted by atomic mass is 16.5. The minimum Gasteiger partial charge on any atom is -0.450 e. The molecule has 0 bridgehead atoms. The first-order valence-electron chi connectivity index (χ1n) is 3.22. The van der Waals surface area contributed by atoms with Gasteiger partial charge >= 0.3 is 6.09 Å². The van der Waals surface area contributed by atoms with E-state index in [9.17, 15) is 4.79 Å². The van der Waals surface area contributed by atoms with Crippen molar-refractivity contribution >= 4 is 6.09 Å². The molecule has 0 saturated heterocycles. The van der Waals surface area contributed by atoms with Gasteiger partial charge in [-0.15, -0.1) is 0 Å². The molecule has 0 aliphatic rings. The Morgan fingerprint density at radius 1 is 1.60 bits per heavy atom. The Morgan fingerprint density at radius 3 is 2.00 bits per heavy atom. The molecule has 0 heterocycles. The normalized spacial score (nSPS) is 7.50. The van der Waals surface area contributed by atoms with Gasteiger partial charge < -0.3 is 15.6 Å². The molecule has 0 fully saturated rings. The maximum atomic E-state index is 9.60. The first-order valence-corrected chi connectivity index (χ1v) is 3.22. The highest BCUT2D eigenvalue weighted by Crippen LogP contribution is 1.66. The van der Waals surface area contributed by atoms with Gasteiger partial charge in [-0.2, -0.15) is 0 Å². The zero-order valence-corrected chi connectivity index (χ0v) is 6.46. The Hall–Kier alpha value is -0.770. The van der Waals surface area contributed by atoms with Crippen molar-refractivity contribution in [2.45, 2.75) is 20.3 Å². The minimum atomic E-state index is -0.711. The van der Waals surface area contributed by atoms with Crippen molar-refractivity contribution in [3.8, 4) is 0 Å². The number of amides is 1. The van der Waals surface area contributed by atoms with Gasteiger partial charge in [-0.25, -0.2) is 4.79 Å². The van der Waals surface area contributed by atoms with Crippen molar-refractivity contribution in [2.75, 3.05) is 13.2 Å². The number of aliphatic hydroxyl groups excluding tert-OH is 1. The van der Waals surface area contributed by atoms with E-state index in [2.05, 4.69) is 10.5 Å². The molecule has 4 nitrogen and oxygen atoms in total. The van der Waals surface area contributed by atoms with Crippen LogP contribution in [0.5, 0.6) is 0 Å². The van der Waals surface area contributed by atoms with Gasteiger partial charge in [0.05, 0.1) is 6.61 Å². The van der Waals surface area contributed by atoms with Crippen LogP contribution in [-0.4, -0.2) is 24.4 Å². The lowest BCUT2D eigenvalue weighted by Crippen LogP contribution is -2.11. The fourth-order valence-electron chi connectivity index (χ4n) is 0.142. The highest BCUT2D eigenvalue weighted by Gasteiger charge is 1.82. The van der Waals surface area contributed by atoms with Crippen LogP contribution in [0.25, 0.3) is 0 Å². The molecule has 0 radical (unpaired) electrons. The molecular formula is C6H15NO3. The summed E-state index contributed by atoms with van der Waals surface area (Å²) in [7, 11) is 0. The predicted octanol–water partition coefficient (Wildman–Crippen LogP) is 0.490. The molecule has 3 N–H and O–H groups in total. The van der Waals surface area contributed by atoms with E-state index in [1.54, 1.807) is 6.92 Å². The molecule has 0 saturated carbocycles. The van der Waals surface area contributed by atoms with Gasteiger partial charge in [-0.05, 0) is 13.3 Å². The number of aliphatic hydroxyl groups is 1.